The number of amides is 2. The Morgan fingerprint density at radius 2 is 2.00 bits per heavy atom. The molecule has 3 fully saturated rings. The van der Waals surface area contributed by atoms with Crippen LogP contribution in [0, 0.1) is 5.92 Å². The van der Waals surface area contributed by atoms with E-state index >= 15 is 0 Å². The van der Waals surface area contributed by atoms with E-state index in [-0.39, 0.29) is 41.7 Å². The van der Waals surface area contributed by atoms with Crippen molar-refractivity contribution in [2.24, 2.45) is 5.92 Å². The number of nitrogens with zero attached hydrogens (tertiary/aromatic N) is 2. The molecule has 0 aromatic heterocycles. The van der Waals surface area contributed by atoms with Crippen LogP contribution < -0.4 is 0 Å². The Kier molecular flexibility index (Phi) is 3.27. The Hall–Kier alpha value is -1.11. The average molecular weight is 300 g/mol. The summed E-state index contributed by atoms with van der Waals surface area (Å²) in [6, 6.07) is 0.120. The number of hydrogen-bond donors (Lipinski definition) is 0. The lowest BCUT2D eigenvalue weighted by Gasteiger charge is -2.26. The standard InChI is InChI=1S/C13H20N2O4S/c1-14(11-4-5-20(18,19)8-11)13(17)9-6-12(16)15(7-9)10-2-3-10/h9-11H,2-8H2,1H3. The minimum Gasteiger partial charge on any atom is -0.341 e. The number of sulfone groups is 1. The van der Waals surface area contributed by atoms with Crippen LogP contribution in [0.1, 0.15) is 25.7 Å². The normalized spacial score (nSPS) is 32.6. The molecule has 1 aliphatic carbocycles. The molecule has 2 saturated heterocycles. The molecule has 3 rings (SSSR count). The van der Waals surface area contributed by atoms with E-state index in [0.717, 1.165) is 12.8 Å². The summed E-state index contributed by atoms with van der Waals surface area (Å²) >= 11 is 0. The highest BCUT2D eigenvalue weighted by atomic mass is 32.2. The van der Waals surface area contributed by atoms with E-state index in [4.69, 9.17) is 0 Å². The Morgan fingerprint density at radius 1 is 1.30 bits per heavy atom. The maximum Gasteiger partial charge on any atom is 0.228 e. The first-order valence-corrected chi connectivity index (χ1v) is 8.96. The zero-order chi connectivity index (χ0) is 14.5. The van der Waals surface area contributed by atoms with Gasteiger partial charge in [-0.3, -0.25) is 9.59 Å². The topological polar surface area (TPSA) is 74.8 Å². The molecule has 2 amide bonds. The van der Waals surface area contributed by atoms with Crippen LogP contribution in [0.3, 0.4) is 0 Å². The fraction of sp³-hybridized carbons (Fsp3) is 0.846. The summed E-state index contributed by atoms with van der Waals surface area (Å²) in [4.78, 5) is 27.7. The van der Waals surface area contributed by atoms with Crippen molar-refractivity contribution in [2.45, 2.75) is 37.8 Å². The summed E-state index contributed by atoms with van der Waals surface area (Å²) < 4.78 is 23.0. The van der Waals surface area contributed by atoms with Gasteiger partial charge in [-0.05, 0) is 19.3 Å². The van der Waals surface area contributed by atoms with Crippen LogP contribution in [0.25, 0.3) is 0 Å². The number of likely N-dealkylation sites (tertiary alicyclic amines) is 1. The van der Waals surface area contributed by atoms with Crippen molar-refractivity contribution < 1.29 is 18.0 Å². The van der Waals surface area contributed by atoms with Crippen molar-refractivity contribution >= 4 is 21.7 Å². The Morgan fingerprint density at radius 3 is 2.55 bits per heavy atom. The van der Waals surface area contributed by atoms with Gasteiger partial charge in [0.15, 0.2) is 9.84 Å². The van der Waals surface area contributed by atoms with E-state index in [1.165, 1.54) is 0 Å². The average Bonchev–Trinajstić information content (AvgIpc) is 3.06. The maximum absolute atomic E-state index is 12.4. The molecule has 2 atom stereocenters. The Labute approximate surface area is 119 Å². The number of carbonyl (C=O) groups excluding carboxylic acids is 2. The largest absolute Gasteiger partial charge is 0.341 e. The quantitative estimate of drug-likeness (QED) is 0.713. The van der Waals surface area contributed by atoms with Crippen molar-refractivity contribution in [1.82, 2.24) is 9.80 Å². The van der Waals surface area contributed by atoms with Crippen LogP contribution in [0.15, 0.2) is 0 Å². The molecule has 3 aliphatic rings. The third kappa shape index (κ3) is 2.55. The second kappa shape index (κ2) is 4.72. The molecule has 0 spiro atoms. The third-order valence-electron chi connectivity index (χ3n) is 4.60. The summed E-state index contributed by atoms with van der Waals surface area (Å²) in [6.07, 6.45) is 2.88. The number of carbonyl (C=O) groups is 2. The van der Waals surface area contributed by atoms with Crippen molar-refractivity contribution in [3.63, 3.8) is 0 Å². The van der Waals surface area contributed by atoms with E-state index in [2.05, 4.69) is 0 Å². The van der Waals surface area contributed by atoms with Crippen molar-refractivity contribution in [3.8, 4) is 0 Å². The Balaban J connectivity index is 1.63. The molecule has 0 N–H and O–H groups in total. The predicted octanol–water partition coefficient (Wildman–Crippen LogP) is -0.357. The SMILES string of the molecule is CN(C(=O)C1CC(=O)N(C2CC2)C1)C1CCS(=O)(=O)C1. The van der Waals surface area contributed by atoms with E-state index in [1.807, 2.05) is 4.90 Å². The zero-order valence-electron chi connectivity index (χ0n) is 11.6. The lowest BCUT2D eigenvalue weighted by atomic mass is 10.1. The van der Waals surface area contributed by atoms with Gasteiger partial charge in [0.1, 0.15) is 0 Å². The van der Waals surface area contributed by atoms with Crippen LogP contribution >= 0.6 is 0 Å². The predicted molar refractivity (Wildman–Crippen MR) is 72.7 cm³/mol. The van der Waals surface area contributed by atoms with Crippen LogP contribution in [-0.4, -0.2) is 67.2 Å². The summed E-state index contributed by atoms with van der Waals surface area (Å²) in [7, 11) is -1.33. The van der Waals surface area contributed by atoms with Gasteiger partial charge < -0.3 is 9.80 Å². The highest BCUT2D eigenvalue weighted by molar-refractivity contribution is 7.91. The molecular weight excluding hydrogens is 280 g/mol. The fourth-order valence-electron chi connectivity index (χ4n) is 3.18. The monoisotopic (exact) mass is 300 g/mol. The van der Waals surface area contributed by atoms with E-state index in [1.54, 1.807) is 11.9 Å². The van der Waals surface area contributed by atoms with Crippen LogP contribution in [0.5, 0.6) is 0 Å². The molecule has 2 unspecified atom stereocenters. The minimum atomic E-state index is -2.99. The Bertz CT molecular complexity index is 541. The van der Waals surface area contributed by atoms with E-state index < -0.39 is 9.84 Å². The lowest BCUT2D eigenvalue weighted by Crippen LogP contribution is -2.42. The van der Waals surface area contributed by atoms with Crippen LogP contribution in [0.4, 0.5) is 0 Å². The molecule has 0 radical (unpaired) electrons. The molecular formula is C13H20N2O4S. The molecule has 20 heavy (non-hydrogen) atoms. The fourth-order valence-corrected chi connectivity index (χ4v) is 4.96. The minimum absolute atomic E-state index is 0.0578. The van der Waals surface area contributed by atoms with Gasteiger partial charge in [0, 0.05) is 32.1 Å². The van der Waals surface area contributed by atoms with E-state index in [9.17, 15) is 18.0 Å². The molecule has 6 nitrogen and oxygen atoms in total. The summed E-state index contributed by atoms with van der Waals surface area (Å²) in [5.41, 5.74) is 0. The van der Waals surface area contributed by atoms with Gasteiger partial charge in [0.2, 0.25) is 11.8 Å². The molecule has 0 aromatic rings. The summed E-state index contributed by atoms with van der Waals surface area (Å²) in [5.74, 6) is -0.0895. The first-order chi connectivity index (χ1) is 9.37. The van der Waals surface area contributed by atoms with Crippen molar-refractivity contribution in [1.29, 1.82) is 0 Å². The molecule has 0 aromatic carbocycles. The third-order valence-corrected chi connectivity index (χ3v) is 6.35. The number of hydrogen-bond acceptors (Lipinski definition) is 4. The second-order valence-corrected chi connectivity index (χ2v) is 8.41. The lowest BCUT2D eigenvalue weighted by molar-refractivity contribution is -0.136. The zero-order valence-corrected chi connectivity index (χ0v) is 12.4. The van der Waals surface area contributed by atoms with Crippen LogP contribution in [0.2, 0.25) is 0 Å². The van der Waals surface area contributed by atoms with Gasteiger partial charge >= 0.3 is 0 Å². The van der Waals surface area contributed by atoms with Gasteiger partial charge in [0.05, 0.1) is 17.4 Å². The second-order valence-electron chi connectivity index (χ2n) is 6.18. The molecule has 2 heterocycles. The highest BCUT2D eigenvalue weighted by Crippen LogP contribution is 2.33. The first kappa shape index (κ1) is 13.9. The van der Waals surface area contributed by atoms with Crippen molar-refractivity contribution in [3.05, 3.63) is 0 Å². The van der Waals surface area contributed by atoms with Gasteiger partial charge in [-0.25, -0.2) is 8.42 Å². The molecule has 0 bridgehead atoms. The van der Waals surface area contributed by atoms with Crippen LogP contribution in [-0.2, 0) is 19.4 Å². The highest BCUT2D eigenvalue weighted by Gasteiger charge is 2.44. The van der Waals surface area contributed by atoms with Gasteiger partial charge in [-0.2, -0.15) is 0 Å². The van der Waals surface area contributed by atoms with Gasteiger partial charge in [-0.1, -0.05) is 0 Å². The molecule has 112 valence electrons. The first-order valence-electron chi connectivity index (χ1n) is 7.14. The van der Waals surface area contributed by atoms with Crippen molar-refractivity contribution in [2.75, 3.05) is 25.1 Å². The maximum atomic E-state index is 12.4. The molecule has 2 aliphatic heterocycles. The van der Waals surface area contributed by atoms with Gasteiger partial charge in [0.25, 0.3) is 0 Å². The molecule has 7 heteroatoms. The molecule has 1 saturated carbocycles. The van der Waals surface area contributed by atoms with Gasteiger partial charge in [-0.15, -0.1) is 0 Å². The summed E-state index contributed by atoms with van der Waals surface area (Å²) in [6.45, 7) is 0.506. The smallest absolute Gasteiger partial charge is 0.228 e. The van der Waals surface area contributed by atoms with E-state index in [0.29, 0.717) is 19.0 Å². The summed E-state index contributed by atoms with van der Waals surface area (Å²) in [5, 5.41) is 0. The number of rotatable bonds is 3.